The number of aliphatic carboxylic acids is 1. The smallest absolute Gasteiger partial charge is 0.321 e. The topological polar surface area (TPSA) is 67.2 Å². The third-order valence-corrected chi connectivity index (χ3v) is 2.32. The fraction of sp³-hybridized carbons (Fsp3) is 0.500. The average Bonchev–Trinajstić information content (AvgIpc) is 2.51. The zero-order chi connectivity index (χ0) is 9.42. The van der Waals surface area contributed by atoms with Crippen LogP contribution in [-0.4, -0.2) is 26.7 Å². The van der Waals surface area contributed by atoms with Gasteiger partial charge in [0.1, 0.15) is 6.04 Å². The van der Waals surface area contributed by atoms with Crippen LogP contribution in [0.15, 0.2) is 12.5 Å². The van der Waals surface area contributed by atoms with Gasteiger partial charge in [-0.15, -0.1) is 0 Å². The third-order valence-electron chi connectivity index (χ3n) is 2.32. The van der Waals surface area contributed by atoms with E-state index in [2.05, 4.69) is 10.3 Å². The SMILES string of the molecule is CC1NC(C(=O)O)Cc2cncn21. The van der Waals surface area contributed by atoms with Crippen LogP contribution in [0.4, 0.5) is 0 Å². The Morgan fingerprint density at radius 3 is 3.31 bits per heavy atom. The van der Waals surface area contributed by atoms with E-state index in [1.165, 1.54) is 0 Å². The Balaban J connectivity index is 2.28. The standard InChI is InChI=1S/C8H11N3O2/c1-5-10-7(8(12)13)2-6-3-9-4-11(5)6/h3-5,7,10H,2H2,1H3,(H,12,13). The van der Waals surface area contributed by atoms with Crippen LogP contribution in [0.2, 0.25) is 0 Å². The molecule has 0 bridgehead atoms. The van der Waals surface area contributed by atoms with Gasteiger partial charge in [0.25, 0.3) is 0 Å². The van der Waals surface area contributed by atoms with Crippen molar-refractivity contribution >= 4 is 5.97 Å². The summed E-state index contributed by atoms with van der Waals surface area (Å²) in [5, 5.41) is 11.8. The van der Waals surface area contributed by atoms with Crippen molar-refractivity contribution in [3.63, 3.8) is 0 Å². The summed E-state index contributed by atoms with van der Waals surface area (Å²) >= 11 is 0. The van der Waals surface area contributed by atoms with Gasteiger partial charge in [-0.2, -0.15) is 0 Å². The van der Waals surface area contributed by atoms with Crippen LogP contribution in [-0.2, 0) is 11.2 Å². The molecule has 2 N–H and O–H groups in total. The normalized spacial score (nSPS) is 26.8. The summed E-state index contributed by atoms with van der Waals surface area (Å²) in [5.41, 5.74) is 0.971. The average molecular weight is 181 g/mol. The van der Waals surface area contributed by atoms with E-state index >= 15 is 0 Å². The fourth-order valence-electron chi connectivity index (χ4n) is 1.64. The summed E-state index contributed by atoms with van der Waals surface area (Å²) in [5.74, 6) is -0.806. The first-order valence-corrected chi connectivity index (χ1v) is 4.18. The van der Waals surface area contributed by atoms with E-state index < -0.39 is 12.0 Å². The minimum Gasteiger partial charge on any atom is -0.480 e. The lowest BCUT2D eigenvalue weighted by atomic mass is 10.1. The van der Waals surface area contributed by atoms with Crippen LogP contribution in [0.3, 0.4) is 0 Å². The minimum absolute atomic E-state index is 0.00681. The molecule has 2 heterocycles. The highest BCUT2D eigenvalue weighted by molar-refractivity contribution is 5.74. The molecule has 2 atom stereocenters. The molecule has 1 aliphatic rings. The lowest BCUT2D eigenvalue weighted by Crippen LogP contribution is -2.46. The van der Waals surface area contributed by atoms with Gasteiger partial charge in [-0.25, -0.2) is 4.98 Å². The van der Waals surface area contributed by atoms with Crippen LogP contribution in [0.5, 0.6) is 0 Å². The number of carbonyl (C=O) groups is 1. The van der Waals surface area contributed by atoms with Crippen LogP contribution in [0.1, 0.15) is 18.8 Å². The van der Waals surface area contributed by atoms with E-state index in [0.29, 0.717) is 6.42 Å². The van der Waals surface area contributed by atoms with Crippen LogP contribution in [0, 0.1) is 0 Å². The number of carboxylic acids is 1. The molecule has 5 heteroatoms. The van der Waals surface area contributed by atoms with Gasteiger partial charge in [0, 0.05) is 18.3 Å². The molecule has 0 fully saturated rings. The molecule has 70 valence electrons. The number of hydrogen-bond donors (Lipinski definition) is 2. The second-order valence-corrected chi connectivity index (χ2v) is 3.23. The second-order valence-electron chi connectivity index (χ2n) is 3.23. The molecular weight excluding hydrogens is 170 g/mol. The predicted molar refractivity (Wildman–Crippen MR) is 45.2 cm³/mol. The van der Waals surface area contributed by atoms with Crippen molar-refractivity contribution in [2.24, 2.45) is 0 Å². The number of fused-ring (bicyclic) bond motifs is 1. The molecule has 0 saturated carbocycles. The molecule has 13 heavy (non-hydrogen) atoms. The van der Waals surface area contributed by atoms with E-state index in [9.17, 15) is 4.79 Å². The Hall–Kier alpha value is -1.36. The zero-order valence-electron chi connectivity index (χ0n) is 7.27. The van der Waals surface area contributed by atoms with E-state index in [-0.39, 0.29) is 6.17 Å². The van der Waals surface area contributed by atoms with Gasteiger partial charge in [0.15, 0.2) is 0 Å². The van der Waals surface area contributed by atoms with Gasteiger partial charge >= 0.3 is 5.97 Å². The van der Waals surface area contributed by atoms with Crippen LogP contribution < -0.4 is 5.32 Å². The van der Waals surface area contributed by atoms with E-state index in [4.69, 9.17) is 5.11 Å². The molecule has 2 unspecified atom stereocenters. The van der Waals surface area contributed by atoms with Gasteiger partial charge < -0.3 is 9.67 Å². The molecule has 5 nitrogen and oxygen atoms in total. The van der Waals surface area contributed by atoms with Crippen LogP contribution in [0.25, 0.3) is 0 Å². The first-order valence-electron chi connectivity index (χ1n) is 4.18. The van der Waals surface area contributed by atoms with Gasteiger partial charge in [0.05, 0.1) is 12.5 Å². The molecule has 0 aliphatic carbocycles. The summed E-state index contributed by atoms with van der Waals surface area (Å²) in [6.45, 7) is 1.92. The van der Waals surface area contributed by atoms with Crippen molar-refractivity contribution in [1.29, 1.82) is 0 Å². The molecule has 0 saturated heterocycles. The first kappa shape index (κ1) is 8.25. The fourth-order valence-corrected chi connectivity index (χ4v) is 1.64. The molecule has 0 amide bonds. The van der Waals surface area contributed by atoms with Crippen molar-refractivity contribution in [2.75, 3.05) is 0 Å². The minimum atomic E-state index is -0.806. The number of rotatable bonds is 1. The number of nitrogens with zero attached hydrogens (tertiary/aromatic N) is 2. The number of hydrogen-bond acceptors (Lipinski definition) is 3. The maximum atomic E-state index is 10.7. The molecule has 0 aromatic carbocycles. The van der Waals surface area contributed by atoms with Crippen molar-refractivity contribution in [3.8, 4) is 0 Å². The molecular formula is C8H11N3O2. The number of nitrogens with one attached hydrogen (secondary N) is 1. The Kier molecular flexibility index (Phi) is 1.81. The van der Waals surface area contributed by atoms with E-state index in [1.54, 1.807) is 12.5 Å². The van der Waals surface area contributed by atoms with Gasteiger partial charge in [0.2, 0.25) is 0 Å². The van der Waals surface area contributed by atoms with Gasteiger partial charge in [-0.1, -0.05) is 0 Å². The number of imidazole rings is 1. The van der Waals surface area contributed by atoms with Crippen molar-refractivity contribution in [1.82, 2.24) is 14.9 Å². The molecule has 1 aromatic heterocycles. The van der Waals surface area contributed by atoms with Crippen LogP contribution >= 0.6 is 0 Å². The Bertz CT molecular complexity index is 334. The lowest BCUT2D eigenvalue weighted by Gasteiger charge is -2.28. The zero-order valence-corrected chi connectivity index (χ0v) is 7.27. The molecule has 1 aromatic rings. The Morgan fingerprint density at radius 1 is 1.85 bits per heavy atom. The molecule has 0 radical (unpaired) electrons. The maximum absolute atomic E-state index is 10.7. The van der Waals surface area contributed by atoms with Gasteiger partial charge in [-0.05, 0) is 6.92 Å². The maximum Gasteiger partial charge on any atom is 0.321 e. The first-order chi connectivity index (χ1) is 6.18. The summed E-state index contributed by atoms with van der Waals surface area (Å²) in [6, 6.07) is -0.487. The number of carboxylic acid groups (broad SMARTS) is 1. The molecule has 0 spiro atoms. The Morgan fingerprint density at radius 2 is 2.62 bits per heavy atom. The predicted octanol–water partition coefficient (Wildman–Crippen LogP) is 0.000500. The van der Waals surface area contributed by atoms with E-state index in [1.807, 2.05) is 11.5 Å². The molecule has 1 aliphatic heterocycles. The molecule has 2 rings (SSSR count). The third kappa shape index (κ3) is 1.31. The largest absolute Gasteiger partial charge is 0.480 e. The van der Waals surface area contributed by atoms with Crippen molar-refractivity contribution in [2.45, 2.75) is 25.6 Å². The summed E-state index contributed by atoms with van der Waals surface area (Å²) < 4.78 is 1.94. The lowest BCUT2D eigenvalue weighted by molar-refractivity contribution is -0.140. The monoisotopic (exact) mass is 181 g/mol. The van der Waals surface area contributed by atoms with Crippen molar-refractivity contribution in [3.05, 3.63) is 18.2 Å². The summed E-state index contributed by atoms with van der Waals surface area (Å²) in [4.78, 5) is 14.7. The summed E-state index contributed by atoms with van der Waals surface area (Å²) in [6.07, 6.45) is 3.94. The highest BCUT2D eigenvalue weighted by Crippen LogP contribution is 2.16. The Labute approximate surface area is 75.4 Å². The highest BCUT2D eigenvalue weighted by Gasteiger charge is 2.27. The second kappa shape index (κ2) is 2.85. The van der Waals surface area contributed by atoms with Crippen molar-refractivity contribution < 1.29 is 9.90 Å². The highest BCUT2D eigenvalue weighted by atomic mass is 16.4. The summed E-state index contributed by atoms with van der Waals surface area (Å²) in [7, 11) is 0. The quantitative estimate of drug-likeness (QED) is 0.640. The van der Waals surface area contributed by atoms with E-state index in [0.717, 1.165) is 5.69 Å². The van der Waals surface area contributed by atoms with Gasteiger partial charge in [-0.3, -0.25) is 10.1 Å². The number of aromatic nitrogens is 2.